The molecule has 0 spiro atoms. The summed E-state index contributed by atoms with van der Waals surface area (Å²) < 4.78 is 76.8. The minimum Gasteiger partial charge on any atom is -0.456 e. The van der Waals surface area contributed by atoms with Crippen LogP contribution >= 0.6 is 0 Å². The highest BCUT2D eigenvalue weighted by Crippen LogP contribution is 2.42. The summed E-state index contributed by atoms with van der Waals surface area (Å²) in [5.41, 5.74) is 1.59. The third-order valence-corrected chi connectivity index (χ3v) is 5.62. The molecule has 32 heavy (non-hydrogen) atoms. The summed E-state index contributed by atoms with van der Waals surface area (Å²) in [6.45, 7) is 14.9. The van der Waals surface area contributed by atoms with Gasteiger partial charge in [-0.1, -0.05) is 58.8 Å². The molecule has 0 N–H and O–H groups in total. The van der Waals surface area contributed by atoms with Crippen molar-refractivity contribution in [2.75, 3.05) is 0 Å². The number of aryl methyl sites for hydroxylation is 1. The lowest BCUT2D eigenvalue weighted by Crippen LogP contribution is -2.35. The Morgan fingerprint density at radius 1 is 1.19 bits per heavy atom. The first-order valence-electron chi connectivity index (χ1n) is 14.6. The number of pyridine rings is 1. The highest BCUT2D eigenvalue weighted by Gasteiger charge is 2.25. The molecule has 0 aliphatic rings. The predicted octanol–water partition coefficient (Wildman–Crippen LogP) is 7.96. The average Bonchev–Trinajstić information content (AvgIpc) is 3.20. The second-order valence-corrected chi connectivity index (χ2v) is 9.30. The summed E-state index contributed by atoms with van der Waals surface area (Å²) in [6.07, 6.45) is -2.00. The lowest BCUT2D eigenvalue weighted by molar-refractivity contribution is -0.666. The first kappa shape index (κ1) is 14.1. The number of rotatable bonds is 3. The lowest BCUT2D eigenvalue weighted by Gasteiger charge is -2.18. The highest BCUT2D eigenvalue weighted by molar-refractivity contribution is 6.11. The summed E-state index contributed by atoms with van der Waals surface area (Å²) in [5.74, 6) is -2.14. The molecule has 1 atom stereocenters. The molecule has 1 unspecified atom stereocenters. The van der Waals surface area contributed by atoms with Crippen LogP contribution in [0.25, 0.3) is 38.0 Å². The third kappa shape index (κ3) is 3.69. The third-order valence-electron chi connectivity index (χ3n) is 5.62. The number of hydrogen-bond donors (Lipinski definition) is 0. The monoisotopic (exact) mass is 433 g/mol. The van der Waals surface area contributed by atoms with E-state index < -0.39 is 24.5 Å². The molecule has 4 rings (SSSR count). The molecule has 0 saturated heterocycles. The van der Waals surface area contributed by atoms with Gasteiger partial charge >= 0.3 is 0 Å². The number of hydrogen-bond acceptors (Lipinski definition) is 1. The topological polar surface area (TPSA) is 21.4 Å². The van der Waals surface area contributed by atoms with Gasteiger partial charge in [0.25, 0.3) is 0 Å². The van der Waals surface area contributed by atoms with E-state index in [9.17, 15) is 1.37 Å². The largest absolute Gasteiger partial charge is 0.456 e. The highest BCUT2D eigenvalue weighted by atomic mass is 16.3. The van der Waals surface area contributed by atoms with E-state index in [1.807, 2.05) is 19.1 Å². The van der Waals surface area contributed by atoms with Crippen molar-refractivity contribution in [1.82, 2.24) is 0 Å². The number of nitrogens with zero attached hydrogens (tertiary/aromatic N) is 2. The van der Waals surface area contributed by atoms with Gasteiger partial charge in [0.1, 0.15) is 18.2 Å². The molecular formula is C29H33N2O+. The molecule has 0 saturated carbocycles. The van der Waals surface area contributed by atoms with E-state index >= 15 is 0 Å². The fourth-order valence-electron chi connectivity index (χ4n) is 4.08. The van der Waals surface area contributed by atoms with E-state index in [1.54, 1.807) is 45.4 Å². The Bertz CT molecular complexity index is 1730. The number of benzene rings is 2. The van der Waals surface area contributed by atoms with E-state index in [2.05, 4.69) is 4.85 Å². The number of furan rings is 1. The summed E-state index contributed by atoms with van der Waals surface area (Å²) >= 11 is 0. The van der Waals surface area contributed by atoms with E-state index in [-0.39, 0.29) is 34.5 Å². The van der Waals surface area contributed by atoms with Gasteiger partial charge < -0.3 is 4.42 Å². The average molecular weight is 434 g/mol. The summed E-state index contributed by atoms with van der Waals surface area (Å²) in [4.78, 5) is 3.50. The minimum absolute atomic E-state index is 0.0141. The van der Waals surface area contributed by atoms with Crippen molar-refractivity contribution in [3.63, 3.8) is 0 Å². The zero-order chi connectivity index (χ0) is 30.3. The number of aromatic nitrogens is 1. The maximum absolute atomic E-state index is 9.23. The second kappa shape index (κ2) is 7.78. The Hall–Kier alpha value is -3.12. The molecule has 4 aromatic rings. The minimum atomic E-state index is -2.74. The SMILES string of the molecule is [2H]c1c(C([2H])([2H])C(C)(C)C)c([2H])c(-c2c(C)ccc3c2oc2c(C([2H])(C)C([2H])([2H])[2H])c([N+]#[C-])ccc23)[n+](C)c1C. The van der Waals surface area contributed by atoms with Crippen molar-refractivity contribution in [2.24, 2.45) is 12.5 Å². The molecule has 2 aromatic heterocycles. The smallest absolute Gasteiger partial charge is 0.216 e. The molecule has 0 radical (unpaired) electrons. The van der Waals surface area contributed by atoms with Gasteiger partial charge in [0.05, 0.1) is 14.9 Å². The molecule has 2 aromatic carbocycles. The van der Waals surface area contributed by atoms with E-state index in [0.29, 0.717) is 33.3 Å². The van der Waals surface area contributed by atoms with Crippen LogP contribution in [0.1, 0.15) is 73.8 Å². The van der Waals surface area contributed by atoms with Crippen LogP contribution in [0.3, 0.4) is 0 Å². The van der Waals surface area contributed by atoms with E-state index in [4.69, 9.17) is 20.6 Å². The second-order valence-electron chi connectivity index (χ2n) is 9.30. The number of fused-ring (bicyclic) bond motifs is 3. The van der Waals surface area contributed by atoms with E-state index in [1.165, 1.54) is 13.0 Å². The summed E-state index contributed by atoms with van der Waals surface area (Å²) in [6, 6.07) is 6.67. The Balaban J connectivity index is 2.23. The van der Waals surface area contributed by atoms with Crippen LogP contribution in [0.5, 0.6) is 0 Å². The zero-order valence-electron chi connectivity index (χ0n) is 27.6. The molecule has 0 amide bonds. The zero-order valence-corrected chi connectivity index (χ0v) is 19.6. The molecule has 3 heteroatoms. The lowest BCUT2D eigenvalue weighted by atomic mass is 9.87. The molecule has 2 heterocycles. The van der Waals surface area contributed by atoms with Crippen molar-refractivity contribution < 1.29 is 20.0 Å². The van der Waals surface area contributed by atoms with Crippen LogP contribution in [0, 0.1) is 25.8 Å². The first-order chi connectivity index (χ1) is 18.2. The van der Waals surface area contributed by atoms with Gasteiger partial charge in [-0.15, -0.1) is 0 Å². The fraction of sp³-hybridized carbons (Fsp3) is 0.379. The van der Waals surface area contributed by atoms with Crippen molar-refractivity contribution in [2.45, 2.75) is 60.7 Å². The Morgan fingerprint density at radius 2 is 1.88 bits per heavy atom. The van der Waals surface area contributed by atoms with Crippen LogP contribution in [0.15, 0.2) is 40.8 Å². The summed E-state index contributed by atoms with van der Waals surface area (Å²) in [7, 11) is 1.72. The maximum atomic E-state index is 9.23. The van der Waals surface area contributed by atoms with Crippen molar-refractivity contribution in [3.05, 3.63) is 70.2 Å². The maximum Gasteiger partial charge on any atom is 0.216 e. The molecule has 164 valence electrons. The Labute approximate surface area is 202 Å². The van der Waals surface area contributed by atoms with Gasteiger partial charge in [-0.3, -0.25) is 0 Å². The van der Waals surface area contributed by atoms with Crippen molar-refractivity contribution in [1.29, 1.82) is 0 Å². The van der Waals surface area contributed by atoms with Crippen LogP contribution in [-0.2, 0) is 13.4 Å². The van der Waals surface area contributed by atoms with Crippen LogP contribution in [0.2, 0.25) is 0 Å². The van der Waals surface area contributed by atoms with Crippen LogP contribution in [-0.4, -0.2) is 0 Å². The Kier molecular flexibility index (Phi) is 3.43. The normalized spacial score (nSPS) is 18.4. The van der Waals surface area contributed by atoms with Gasteiger partial charge in [0, 0.05) is 43.6 Å². The van der Waals surface area contributed by atoms with Gasteiger partial charge in [-0.05, 0) is 35.7 Å². The molecular weight excluding hydrogens is 392 g/mol. The molecule has 3 nitrogen and oxygen atoms in total. The predicted molar refractivity (Wildman–Crippen MR) is 133 cm³/mol. The van der Waals surface area contributed by atoms with Crippen LogP contribution in [0.4, 0.5) is 5.69 Å². The van der Waals surface area contributed by atoms with Gasteiger partial charge in [0.15, 0.2) is 11.4 Å². The fourth-order valence-corrected chi connectivity index (χ4v) is 4.08. The summed E-state index contributed by atoms with van der Waals surface area (Å²) in [5, 5.41) is 1.15. The first-order valence-corrected chi connectivity index (χ1v) is 10.6. The molecule has 0 aliphatic carbocycles. The Morgan fingerprint density at radius 3 is 2.53 bits per heavy atom. The van der Waals surface area contributed by atoms with Gasteiger partial charge in [0.2, 0.25) is 5.69 Å². The molecule has 0 aliphatic heterocycles. The molecule has 0 fully saturated rings. The van der Waals surface area contributed by atoms with E-state index in [0.717, 1.165) is 5.56 Å². The van der Waals surface area contributed by atoms with Gasteiger partial charge in [-0.2, -0.15) is 4.57 Å². The van der Waals surface area contributed by atoms with Crippen LogP contribution < -0.4 is 4.57 Å². The van der Waals surface area contributed by atoms with Gasteiger partial charge in [-0.25, -0.2) is 4.85 Å². The standard InChI is InChI=1S/C29H33N2O/c1-17(2)25-23(30-8)13-12-22-21-11-10-18(3)26(28(21)32-27(22)25)24-15-20(16-29(5,6)7)14-19(4)31(24)9/h10-15,17H,16H2,1-7,9H3/q+1/i1D3,14D,15D,16D2,17D. The quantitative estimate of drug-likeness (QED) is 0.237. The van der Waals surface area contributed by atoms with Crippen molar-refractivity contribution >= 4 is 27.6 Å². The molecule has 0 bridgehead atoms. The van der Waals surface area contributed by atoms with Crippen molar-refractivity contribution in [3.8, 4) is 11.3 Å².